The van der Waals surface area contributed by atoms with Gasteiger partial charge in [-0.05, 0) is 54.0 Å². The number of nitrogens with one attached hydrogen (secondary N) is 1. The van der Waals surface area contributed by atoms with E-state index < -0.39 is 17.0 Å². The third-order valence-corrected chi connectivity index (χ3v) is 7.45. The van der Waals surface area contributed by atoms with Crippen molar-refractivity contribution >= 4 is 0 Å². The monoisotopic (exact) mass is 430 g/mol. The molecule has 0 saturated heterocycles. The van der Waals surface area contributed by atoms with Crippen LogP contribution >= 0.6 is 0 Å². The Morgan fingerprint density at radius 3 is 2.66 bits per heavy atom. The number of hydrogen-bond acceptors (Lipinski definition) is 5. The molecule has 1 saturated carbocycles. The minimum atomic E-state index is -0.642. The van der Waals surface area contributed by atoms with E-state index in [0.29, 0.717) is 5.82 Å². The minimum absolute atomic E-state index is 0.137. The van der Waals surface area contributed by atoms with Gasteiger partial charge in [0.2, 0.25) is 0 Å². The van der Waals surface area contributed by atoms with Crippen molar-refractivity contribution in [3.8, 4) is 22.6 Å². The van der Waals surface area contributed by atoms with Crippen LogP contribution in [-0.4, -0.2) is 30.4 Å². The van der Waals surface area contributed by atoms with Crippen LogP contribution in [0.5, 0.6) is 0 Å². The zero-order valence-corrected chi connectivity index (χ0v) is 17.6. The molecule has 2 bridgehead atoms. The van der Waals surface area contributed by atoms with Gasteiger partial charge in [-0.25, -0.2) is 18.7 Å². The summed E-state index contributed by atoms with van der Waals surface area (Å²) in [7, 11) is 0. The van der Waals surface area contributed by atoms with Gasteiger partial charge in [-0.15, -0.1) is 5.10 Å². The Morgan fingerprint density at radius 2 is 1.91 bits per heavy atom. The van der Waals surface area contributed by atoms with Crippen molar-refractivity contribution in [1.29, 1.82) is 0 Å². The molecule has 1 aromatic carbocycles. The van der Waals surface area contributed by atoms with E-state index in [-0.39, 0.29) is 22.6 Å². The lowest BCUT2D eigenvalue weighted by Crippen LogP contribution is -2.38. The van der Waals surface area contributed by atoms with Crippen molar-refractivity contribution in [3.05, 3.63) is 77.5 Å². The Balaban J connectivity index is 1.54. The molecule has 4 aromatic rings. The fourth-order valence-electron chi connectivity index (χ4n) is 5.87. The highest BCUT2D eigenvalue weighted by atomic mass is 19.1. The summed E-state index contributed by atoms with van der Waals surface area (Å²) in [5.41, 5.74) is 2.97. The van der Waals surface area contributed by atoms with Crippen molar-refractivity contribution in [2.45, 2.75) is 38.0 Å². The number of aromatic amines is 1. The first-order valence-electron chi connectivity index (χ1n) is 10.6. The Bertz CT molecular complexity index is 1330. The summed E-state index contributed by atoms with van der Waals surface area (Å²) in [5, 5.41) is 15.7. The second-order valence-corrected chi connectivity index (χ2v) is 9.10. The van der Waals surface area contributed by atoms with Crippen LogP contribution in [-0.2, 0) is 5.41 Å². The molecule has 8 heteroatoms. The van der Waals surface area contributed by atoms with Crippen molar-refractivity contribution in [2.24, 2.45) is 5.41 Å². The minimum Gasteiger partial charge on any atom is -0.285 e. The number of nitrogens with zero attached hydrogens (tertiary/aromatic N) is 5. The van der Waals surface area contributed by atoms with Gasteiger partial charge in [-0.1, -0.05) is 19.9 Å². The molecule has 32 heavy (non-hydrogen) atoms. The van der Waals surface area contributed by atoms with Crippen LogP contribution in [0.2, 0.25) is 0 Å². The van der Waals surface area contributed by atoms with Crippen molar-refractivity contribution in [3.63, 3.8) is 0 Å². The van der Waals surface area contributed by atoms with E-state index in [1.807, 2.05) is 12.1 Å². The third-order valence-electron chi connectivity index (χ3n) is 7.45. The predicted octanol–water partition coefficient (Wildman–Crippen LogP) is 4.81. The van der Waals surface area contributed by atoms with Crippen LogP contribution in [0.3, 0.4) is 0 Å². The maximum Gasteiger partial charge on any atom is 0.162 e. The van der Waals surface area contributed by atoms with Gasteiger partial charge in [0.15, 0.2) is 5.82 Å². The second-order valence-electron chi connectivity index (χ2n) is 9.10. The van der Waals surface area contributed by atoms with Crippen LogP contribution in [0.15, 0.2) is 48.9 Å². The van der Waals surface area contributed by atoms with E-state index in [0.717, 1.165) is 35.4 Å². The predicted molar refractivity (Wildman–Crippen MR) is 114 cm³/mol. The van der Waals surface area contributed by atoms with E-state index in [1.165, 1.54) is 18.2 Å². The molecule has 0 radical (unpaired) electrons. The number of benzene rings is 1. The standard InChI is InChI=1S/C24H20F2N6/c1-23(2)15-6-8-24(23,19-7-9-27-22(30-19)13-11-28-29-12-13)21-14(15)10-18(31-32-21)20-16(25)4-3-5-17(20)26/h3-5,7,9-12,15H,6,8H2,1-2H3,(H,28,29)/t15-,24+/m0/s1. The highest BCUT2D eigenvalue weighted by molar-refractivity contribution is 5.64. The highest BCUT2D eigenvalue weighted by Gasteiger charge is 2.65. The molecule has 160 valence electrons. The van der Waals surface area contributed by atoms with Crippen LogP contribution in [0.25, 0.3) is 22.6 Å². The van der Waals surface area contributed by atoms with E-state index in [9.17, 15) is 8.78 Å². The van der Waals surface area contributed by atoms with Gasteiger partial charge in [0.1, 0.15) is 11.6 Å². The molecule has 1 fully saturated rings. The van der Waals surface area contributed by atoms with Crippen LogP contribution < -0.4 is 0 Å². The first-order valence-corrected chi connectivity index (χ1v) is 10.6. The topological polar surface area (TPSA) is 80.2 Å². The van der Waals surface area contributed by atoms with E-state index in [1.54, 1.807) is 18.6 Å². The Labute approximate surface area is 183 Å². The molecule has 2 atom stereocenters. The second kappa shape index (κ2) is 6.48. The normalized spacial score (nSPS) is 22.8. The molecule has 0 spiro atoms. The molecule has 0 unspecified atom stereocenters. The third kappa shape index (κ3) is 2.35. The molecule has 3 aromatic heterocycles. The first-order chi connectivity index (χ1) is 15.4. The van der Waals surface area contributed by atoms with Gasteiger partial charge < -0.3 is 0 Å². The summed E-state index contributed by atoms with van der Waals surface area (Å²) in [6, 6.07) is 7.58. The lowest BCUT2D eigenvalue weighted by Gasteiger charge is -2.37. The van der Waals surface area contributed by atoms with Crippen LogP contribution in [0.1, 0.15) is 49.6 Å². The quantitative estimate of drug-likeness (QED) is 0.505. The van der Waals surface area contributed by atoms with Gasteiger partial charge >= 0.3 is 0 Å². The molecule has 0 aliphatic heterocycles. The maximum atomic E-state index is 14.4. The average molecular weight is 430 g/mol. The van der Waals surface area contributed by atoms with E-state index in [2.05, 4.69) is 39.2 Å². The smallest absolute Gasteiger partial charge is 0.162 e. The molecular weight excluding hydrogens is 410 g/mol. The van der Waals surface area contributed by atoms with Gasteiger partial charge in [0.05, 0.1) is 39.8 Å². The summed E-state index contributed by atoms with van der Waals surface area (Å²) in [6.07, 6.45) is 7.03. The average Bonchev–Trinajstić information content (AvgIpc) is 3.45. The zero-order valence-electron chi connectivity index (χ0n) is 17.6. The Hall–Kier alpha value is -3.55. The van der Waals surface area contributed by atoms with Gasteiger partial charge in [-0.3, -0.25) is 5.10 Å². The number of aromatic nitrogens is 6. The van der Waals surface area contributed by atoms with Crippen LogP contribution in [0, 0.1) is 17.0 Å². The summed E-state index contributed by atoms with van der Waals surface area (Å²) >= 11 is 0. The molecule has 3 heterocycles. The number of halogens is 2. The van der Waals surface area contributed by atoms with Crippen molar-refractivity contribution in [1.82, 2.24) is 30.4 Å². The lowest BCUT2D eigenvalue weighted by atomic mass is 9.66. The van der Waals surface area contributed by atoms with Gasteiger partial charge in [-0.2, -0.15) is 10.2 Å². The van der Waals surface area contributed by atoms with Gasteiger partial charge in [0, 0.05) is 12.4 Å². The number of hydrogen-bond donors (Lipinski definition) is 1. The van der Waals surface area contributed by atoms with Crippen molar-refractivity contribution in [2.75, 3.05) is 0 Å². The molecule has 1 N–H and O–H groups in total. The molecule has 2 aliphatic rings. The molecule has 6 nitrogen and oxygen atoms in total. The fourth-order valence-corrected chi connectivity index (χ4v) is 5.87. The van der Waals surface area contributed by atoms with Crippen molar-refractivity contribution < 1.29 is 8.78 Å². The molecule has 0 amide bonds. The molecule has 2 aliphatic carbocycles. The molecular formula is C24H20F2N6. The lowest BCUT2D eigenvalue weighted by molar-refractivity contribution is 0.243. The number of H-pyrrole nitrogens is 1. The van der Waals surface area contributed by atoms with Gasteiger partial charge in [0.25, 0.3) is 0 Å². The van der Waals surface area contributed by atoms with Crippen LogP contribution in [0.4, 0.5) is 8.78 Å². The van der Waals surface area contributed by atoms with E-state index >= 15 is 0 Å². The summed E-state index contributed by atoms with van der Waals surface area (Å²) in [6.45, 7) is 4.44. The number of fused-ring (bicyclic) bond motifs is 5. The zero-order chi connectivity index (χ0) is 22.1. The fraction of sp³-hybridized carbons (Fsp3) is 0.292. The Morgan fingerprint density at radius 1 is 1.09 bits per heavy atom. The highest BCUT2D eigenvalue weighted by Crippen LogP contribution is 2.69. The maximum absolute atomic E-state index is 14.4. The summed E-state index contributed by atoms with van der Waals surface area (Å²) in [4.78, 5) is 9.33. The largest absolute Gasteiger partial charge is 0.285 e. The first kappa shape index (κ1) is 19.2. The molecule has 6 rings (SSSR count). The number of rotatable bonds is 3. The SMILES string of the molecule is CC1(C)[C@H]2CC[C@@]1(c1ccnc(-c3cn[nH]c3)n1)c1nnc(-c3c(F)cccc3F)cc12. The van der Waals surface area contributed by atoms with E-state index in [4.69, 9.17) is 4.98 Å². The summed E-state index contributed by atoms with van der Waals surface area (Å²) < 4.78 is 28.8. The Kier molecular flexibility index (Phi) is 3.88. The summed E-state index contributed by atoms with van der Waals surface area (Å²) in [5.74, 6) is -0.501.